The molecule has 0 radical (unpaired) electrons. The number of nitrogens with one attached hydrogen (secondary N) is 1. The summed E-state index contributed by atoms with van der Waals surface area (Å²) in [5.41, 5.74) is 3.97. The molecule has 0 spiro atoms. The van der Waals surface area contributed by atoms with Crippen molar-refractivity contribution in [3.63, 3.8) is 0 Å². The lowest BCUT2D eigenvalue weighted by atomic mass is 10.1. The molecule has 0 bridgehead atoms. The van der Waals surface area contributed by atoms with E-state index in [9.17, 15) is 4.79 Å². The molecule has 1 N–H and O–H groups in total. The Bertz CT molecular complexity index is 919. The molecule has 0 saturated carbocycles. The molecular formula is C20H21N3O3S. The summed E-state index contributed by atoms with van der Waals surface area (Å²) in [5, 5.41) is 11.1. The molecule has 1 heterocycles. The second kappa shape index (κ2) is 8.73. The van der Waals surface area contributed by atoms with Crippen LogP contribution in [-0.4, -0.2) is 21.9 Å². The van der Waals surface area contributed by atoms with Crippen LogP contribution in [0.5, 0.6) is 5.75 Å². The van der Waals surface area contributed by atoms with Crippen LogP contribution in [0.25, 0.3) is 0 Å². The van der Waals surface area contributed by atoms with Crippen molar-refractivity contribution in [1.82, 2.24) is 10.2 Å². The predicted molar refractivity (Wildman–Crippen MR) is 105 cm³/mol. The summed E-state index contributed by atoms with van der Waals surface area (Å²) in [6, 6.07) is 13.6. The number of ether oxygens (including phenoxy) is 1. The van der Waals surface area contributed by atoms with Crippen LogP contribution in [0.4, 0.5) is 5.69 Å². The van der Waals surface area contributed by atoms with Crippen LogP contribution < -0.4 is 10.1 Å². The van der Waals surface area contributed by atoms with Crippen LogP contribution >= 0.6 is 11.8 Å². The van der Waals surface area contributed by atoms with Gasteiger partial charge in [0.1, 0.15) is 5.75 Å². The molecule has 140 valence electrons. The van der Waals surface area contributed by atoms with E-state index in [0.717, 1.165) is 28.1 Å². The first-order chi connectivity index (χ1) is 13.0. The summed E-state index contributed by atoms with van der Waals surface area (Å²) in [7, 11) is 0. The Morgan fingerprint density at radius 2 is 1.85 bits per heavy atom. The van der Waals surface area contributed by atoms with Gasteiger partial charge in [-0.1, -0.05) is 42.1 Å². The molecule has 0 fully saturated rings. The maximum absolute atomic E-state index is 12.0. The smallest absolute Gasteiger partial charge is 0.277 e. The lowest BCUT2D eigenvalue weighted by Crippen LogP contribution is -2.13. The van der Waals surface area contributed by atoms with Crippen LogP contribution in [0.2, 0.25) is 0 Å². The van der Waals surface area contributed by atoms with Gasteiger partial charge in [0.2, 0.25) is 5.91 Å². The standard InChI is InChI=1S/C20H21N3O3S/c1-13-6-4-9-16(10-13)21-17(24)12-27-20-23-22-18(26-20)11-25-19-14(2)7-5-8-15(19)3/h4-10H,11-12H2,1-3H3,(H,21,24). The van der Waals surface area contributed by atoms with Crippen LogP contribution in [0.15, 0.2) is 52.1 Å². The third kappa shape index (κ3) is 5.34. The number of hydrogen-bond acceptors (Lipinski definition) is 6. The van der Waals surface area contributed by atoms with E-state index in [1.165, 1.54) is 11.8 Å². The third-order valence-corrected chi connectivity index (χ3v) is 4.64. The summed E-state index contributed by atoms with van der Waals surface area (Å²) < 4.78 is 11.3. The molecule has 27 heavy (non-hydrogen) atoms. The maximum Gasteiger partial charge on any atom is 0.277 e. The SMILES string of the molecule is Cc1cccc(NC(=O)CSc2nnc(COc3c(C)cccc3C)o2)c1. The molecule has 0 saturated heterocycles. The van der Waals surface area contributed by atoms with E-state index in [0.29, 0.717) is 11.1 Å². The van der Waals surface area contributed by atoms with Crippen LogP contribution in [-0.2, 0) is 11.4 Å². The molecule has 0 unspecified atom stereocenters. The molecule has 3 rings (SSSR count). The Morgan fingerprint density at radius 1 is 1.11 bits per heavy atom. The van der Waals surface area contributed by atoms with Crippen molar-refractivity contribution in [3.8, 4) is 5.75 Å². The highest BCUT2D eigenvalue weighted by Gasteiger charge is 2.12. The number of rotatable bonds is 7. The van der Waals surface area contributed by atoms with Crippen LogP contribution in [0.3, 0.4) is 0 Å². The summed E-state index contributed by atoms with van der Waals surface area (Å²) in [6.07, 6.45) is 0. The van der Waals surface area contributed by atoms with Crippen molar-refractivity contribution in [2.45, 2.75) is 32.6 Å². The van der Waals surface area contributed by atoms with E-state index in [-0.39, 0.29) is 18.3 Å². The summed E-state index contributed by atoms with van der Waals surface area (Å²) in [4.78, 5) is 12.0. The number of aryl methyl sites for hydroxylation is 3. The van der Waals surface area contributed by atoms with Gasteiger partial charge >= 0.3 is 0 Å². The van der Waals surface area contributed by atoms with Crippen molar-refractivity contribution in [1.29, 1.82) is 0 Å². The van der Waals surface area contributed by atoms with Gasteiger partial charge in [0.05, 0.1) is 5.75 Å². The summed E-state index contributed by atoms with van der Waals surface area (Å²) in [5.74, 6) is 1.26. The highest BCUT2D eigenvalue weighted by atomic mass is 32.2. The fourth-order valence-electron chi connectivity index (χ4n) is 2.56. The Balaban J connectivity index is 1.50. The second-order valence-corrected chi connectivity index (χ2v) is 7.10. The first-order valence-corrected chi connectivity index (χ1v) is 9.50. The Kier molecular flexibility index (Phi) is 6.13. The van der Waals surface area contributed by atoms with Gasteiger partial charge in [-0.25, -0.2) is 0 Å². The fourth-order valence-corrected chi connectivity index (χ4v) is 3.14. The van der Waals surface area contributed by atoms with Gasteiger partial charge in [0.15, 0.2) is 6.61 Å². The maximum atomic E-state index is 12.0. The molecular weight excluding hydrogens is 362 g/mol. The monoisotopic (exact) mass is 383 g/mol. The number of carbonyl (C=O) groups is 1. The minimum Gasteiger partial charge on any atom is -0.483 e. The van der Waals surface area contributed by atoms with Crippen molar-refractivity contribution in [3.05, 3.63) is 65.0 Å². The van der Waals surface area contributed by atoms with Gasteiger partial charge in [-0.05, 0) is 49.6 Å². The topological polar surface area (TPSA) is 77.2 Å². The van der Waals surface area contributed by atoms with Crippen LogP contribution in [0, 0.1) is 20.8 Å². The lowest BCUT2D eigenvalue weighted by molar-refractivity contribution is -0.113. The van der Waals surface area contributed by atoms with Crippen molar-refractivity contribution in [2.75, 3.05) is 11.1 Å². The van der Waals surface area contributed by atoms with E-state index in [1.54, 1.807) is 0 Å². The summed E-state index contributed by atoms with van der Waals surface area (Å²) in [6.45, 7) is 6.15. The Hall–Kier alpha value is -2.80. The van der Waals surface area contributed by atoms with Gasteiger partial charge in [0.25, 0.3) is 11.1 Å². The molecule has 7 heteroatoms. The lowest BCUT2D eigenvalue weighted by Gasteiger charge is -2.09. The number of amides is 1. The first-order valence-electron chi connectivity index (χ1n) is 8.52. The van der Waals surface area contributed by atoms with Gasteiger partial charge in [-0.2, -0.15) is 0 Å². The Labute approximate surface area is 162 Å². The minimum atomic E-state index is -0.128. The number of anilines is 1. The molecule has 0 aliphatic heterocycles. The summed E-state index contributed by atoms with van der Waals surface area (Å²) >= 11 is 1.19. The number of carbonyl (C=O) groups excluding carboxylic acids is 1. The second-order valence-electron chi connectivity index (χ2n) is 6.18. The first kappa shape index (κ1) is 19.0. The zero-order valence-corrected chi connectivity index (χ0v) is 16.3. The molecule has 3 aromatic rings. The Morgan fingerprint density at radius 3 is 2.59 bits per heavy atom. The number of thioether (sulfide) groups is 1. The predicted octanol–water partition coefficient (Wildman–Crippen LogP) is 4.30. The van der Waals surface area contributed by atoms with E-state index in [4.69, 9.17) is 9.15 Å². The molecule has 0 aliphatic rings. The van der Waals surface area contributed by atoms with Gasteiger partial charge in [-0.15, -0.1) is 10.2 Å². The zero-order valence-electron chi connectivity index (χ0n) is 15.5. The average Bonchev–Trinajstić information content (AvgIpc) is 3.07. The number of aromatic nitrogens is 2. The van der Waals surface area contributed by atoms with E-state index in [2.05, 4.69) is 15.5 Å². The number of nitrogens with zero attached hydrogens (tertiary/aromatic N) is 2. The molecule has 0 aliphatic carbocycles. The van der Waals surface area contributed by atoms with Gasteiger partial charge in [-0.3, -0.25) is 4.79 Å². The van der Waals surface area contributed by atoms with Gasteiger partial charge < -0.3 is 14.5 Å². The highest BCUT2D eigenvalue weighted by Crippen LogP contribution is 2.24. The molecule has 2 aromatic carbocycles. The van der Waals surface area contributed by atoms with E-state index >= 15 is 0 Å². The van der Waals surface area contributed by atoms with E-state index in [1.807, 2.05) is 63.2 Å². The van der Waals surface area contributed by atoms with E-state index < -0.39 is 0 Å². The zero-order chi connectivity index (χ0) is 19.2. The molecule has 1 aromatic heterocycles. The average molecular weight is 383 g/mol. The minimum absolute atomic E-state index is 0.128. The molecule has 0 atom stereocenters. The third-order valence-electron chi connectivity index (χ3n) is 3.83. The van der Waals surface area contributed by atoms with Gasteiger partial charge in [0, 0.05) is 5.69 Å². The molecule has 6 nitrogen and oxygen atoms in total. The quantitative estimate of drug-likeness (QED) is 0.613. The number of benzene rings is 2. The highest BCUT2D eigenvalue weighted by molar-refractivity contribution is 7.99. The largest absolute Gasteiger partial charge is 0.483 e. The van der Waals surface area contributed by atoms with Crippen molar-refractivity contribution < 1.29 is 13.9 Å². The molecule has 1 amide bonds. The number of hydrogen-bond donors (Lipinski definition) is 1. The normalized spacial score (nSPS) is 10.6. The fraction of sp³-hybridized carbons (Fsp3) is 0.250. The van der Waals surface area contributed by atoms with Crippen molar-refractivity contribution >= 4 is 23.4 Å². The van der Waals surface area contributed by atoms with Crippen LogP contribution in [0.1, 0.15) is 22.6 Å². The number of para-hydroxylation sites is 1. The van der Waals surface area contributed by atoms with Crippen molar-refractivity contribution in [2.24, 2.45) is 0 Å².